The Morgan fingerprint density at radius 2 is 2.00 bits per heavy atom. The van der Waals surface area contributed by atoms with E-state index in [2.05, 4.69) is 15.5 Å². The number of hydrogen-bond acceptors (Lipinski definition) is 5. The summed E-state index contributed by atoms with van der Waals surface area (Å²) in [6, 6.07) is 13.7. The van der Waals surface area contributed by atoms with Crippen molar-refractivity contribution < 1.29 is 9.53 Å². The highest BCUT2D eigenvalue weighted by Gasteiger charge is 2.05. The Labute approximate surface area is 134 Å². The lowest BCUT2D eigenvalue weighted by Crippen LogP contribution is -2.26. The second-order valence-corrected chi connectivity index (χ2v) is 5.60. The fourth-order valence-electron chi connectivity index (χ4n) is 1.79. The van der Waals surface area contributed by atoms with E-state index in [9.17, 15) is 4.79 Å². The fourth-order valence-corrected chi connectivity index (χ4v) is 2.44. The van der Waals surface area contributed by atoms with Gasteiger partial charge in [-0.2, -0.15) is 0 Å². The summed E-state index contributed by atoms with van der Waals surface area (Å²) >= 11 is 1.38. The maximum absolute atomic E-state index is 11.6. The van der Waals surface area contributed by atoms with Crippen LogP contribution in [0.2, 0.25) is 0 Å². The molecule has 5 nitrogen and oxygen atoms in total. The van der Waals surface area contributed by atoms with E-state index in [1.165, 1.54) is 11.8 Å². The molecule has 116 valence electrons. The Balaban J connectivity index is 1.78. The molecule has 0 saturated carbocycles. The van der Waals surface area contributed by atoms with E-state index in [0.717, 1.165) is 22.7 Å². The van der Waals surface area contributed by atoms with E-state index in [-0.39, 0.29) is 5.91 Å². The number of nitrogens with zero attached hydrogens (tertiary/aromatic N) is 2. The maximum atomic E-state index is 11.6. The number of amides is 1. The average molecular weight is 317 g/mol. The molecule has 0 fully saturated rings. The fraction of sp³-hybridized carbons (Fsp3) is 0.312. The molecule has 0 saturated heterocycles. The van der Waals surface area contributed by atoms with E-state index < -0.39 is 0 Å². The molecule has 22 heavy (non-hydrogen) atoms. The van der Waals surface area contributed by atoms with Crippen molar-refractivity contribution in [3.8, 4) is 11.3 Å². The molecule has 0 atom stereocenters. The number of rotatable bonds is 8. The van der Waals surface area contributed by atoms with Gasteiger partial charge in [-0.05, 0) is 18.6 Å². The van der Waals surface area contributed by atoms with Crippen molar-refractivity contribution in [3.63, 3.8) is 0 Å². The predicted octanol–water partition coefficient (Wildman–Crippen LogP) is 2.39. The molecule has 1 amide bonds. The van der Waals surface area contributed by atoms with Crippen molar-refractivity contribution >= 4 is 17.7 Å². The number of methoxy groups -OCH3 is 1. The summed E-state index contributed by atoms with van der Waals surface area (Å²) < 4.78 is 4.93. The largest absolute Gasteiger partial charge is 0.385 e. The summed E-state index contributed by atoms with van der Waals surface area (Å²) in [6.45, 7) is 1.28. The first kappa shape index (κ1) is 16.5. The number of thioether (sulfide) groups is 1. The van der Waals surface area contributed by atoms with Crippen LogP contribution < -0.4 is 5.32 Å². The minimum atomic E-state index is -0.00459. The van der Waals surface area contributed by atoms with Gasteiger partial charge in [-0.3, -0.25) is 4.79 Å². The Bertz CT molecular complexity index is 576. The Morgan fingerprint density at radius 3 is 2.68 bits per heavy atom. The van der Waals surface area contributed by atoms with E-state index >= 15 is 0 Å². The first-order valence-corrected chi connectivity index (χ1v) is 8.06. The summed E-state index contributed by atoms with van der Waals surface area (Å²) in [6.07, 6.45) is 0.818. The van der Waals surface area contributed by atoms with Crippen LogP contribution >= 0.6 is 11.8 Å². The number of nitrogens with one attached hydrogen (secondary N) is 1. The van der Waals surface area contributed by atoms with E-state index in [4.69, 9.17) is 4.74 Å². The van der Waals surface area contributed by atoms with E-state index in [0.29, 0.717) is 18.9 Å². The van der Waals surface area contributed by atoms with Crippen molar-refractivity contribution in [3.05, 3.63) is 42.5 Å². The average Bonchev–Trinajstić information content (AvgIpc) is 2.58. The molecular weight excluding hydrogens is 298 g/mol. The highest BCUT2D eigenvalue weighted by molar-refractivity contribution is 7.99. The topological polar surface area (TPSA) is 64.1 Å². The molecule has 0 aliphatic carbocycles. The van der Waals surface area contributed by atoms with Gasteiger partial charge in [-0.15, -0.1) is 10.2 Å². The molecule has 0 bridgehead atoms. The van der Waals surface area contributed by atoms with Crippen LogP contribution in [-0.2, 0) is 9.53 Å². The predicted molar refractivity (Wildman–Crippen MR) is 87.7 cm³/mol. The smallest absolute Gasteiger partial charge is 0.230 e. The van der Waals surface area contributed by atoms with Crippen LogP contribution in [0.3, 0.4) is 0 Å². The highest BCUT2D eigenvalue weighted by atomic mass is 32.2. The van der Waals surface area contributed by atoms with E-state index in [1.807, 2.05) is 42.5 Å². The number of carbonyl (C=O) groups excluding carboxylic acids is 1. The van der Waals surface area contributed by atoms with Crippen LogP contribution in [0.25, 0.3) is 11.3 Å². The molecule has 0 spiro atoms. The number of ether oxygens (including phenoxy) is 1. The molecule has 6 heteroatoms. The first-order chi connectivity index (χ1) is 10.8. The molecule has 1 aromatic carbocycles. The Kier molecular flexibility index (Phi) is 6.86. The SMILES string of the molecule is COCCCNC(=O)CSc1ccc(-c2ccccc2)nn1. The minimum Gasteiger partial charge on any atom is -0.385 e. The number of aromatic nitrogens is 2. The van der Waals surface area contributed by atoms with Gasteiger partial charge in [0.1, 0.15) is 5.03 Å². The standard InChI is InChI=1S/C16H19N3O2S/c1-21-11-5-10-17-15(20)12-22-16-9-8-14(18-19-16)13-6-3-2-4-7-13/h2-4,6-9H,5,10-12H2,1H3,(H,17,20). The molecule has 2 aromatic rings. The molecule has 1 heterocycles. The number of hydrogen-bond donors (Lipinski definition) is 1. The molecule has 1 N–H and O–H groups in total. The van der Waals surface area contributed by atoms with Gasteiger partial charge in [0, 0.05) is 25.8 Å². The van der Waals surface area contributed by atoms with E-state index in [1.54, 1.807) is 7.11 Å². The number of carbonyl (C=O) groups is 1. The van der Waals surface area contributed by atoms with Crippen LogP contribution in [0.15, 0.2) is 47.5 Å². The van der Waals surface area contributed by atoms with Gasteiger partial charge in [0.15, 0.2) is 0 Å². The molecule has 2 rings (SSSR count). The maximum Gasteiger partial charge on any atom is 0.230 e. The third kappa shape index (κ3) is 5.46. The molecular formula is C16H19N3O2S. The summed E-state index contributed by atoms with van der Waals surface area (Å²) in [5.41, 5.74) is 1.86. The van der Waals surface area contributed by atoms with Crippen LogP contribution in [0.4, 0.5) is 0 Å². The molecule has 1 aromatic heterocycles. The molecule has 0 aliphatic heterocycles. The summed E-state index contributed by atoms with van der Waals surface area (Å²) in [5, 5.41) is 11.9. The molecule has 0 radical (unpaired) electrons. The number of benzene rings is 1. The lowest BCUT2D eigenvalue weighted by Gasteiger charge is -2.04. The lowest BCUT2D eigenvalue weighted by atomic mass is 10.1. The second-order valence-electron chi connectivity index (χ2n) is 4.61. The lowest BCUT2D eigenvalue weighted by molar-refractivity contribution is -0.118. The van der Waals surface area contributed by atoms with Crippen LogP contribution in [-0.4, -0.2) is 42.1 Å². The van der Waals surface area contributed by atoms with Gasteiger partial charge in [-0.25, -0.2) is 0 Å². The second kappa shape index (κ2) is 9.17. The monoisotopic (exact) mass is 317 g/mol. The molecule has 0 unspecified atom stereocenters. The van der Waals surface area contributed by atoms with Gasteiger partial charge < -0.3 is 10.1 Å². The van der Waals surface area contributed by atoms with Crippen LogP contribution in [0, 0.1) is 0 Å². The zero-order valence-corrected chi connectivity index (χ0v) is 13.3. The van der Waals surface area contributed by atoms with Crippen LogP contribution in [0.1, 0.15) is 6.42 Å². The quantitative estimate of drug-likeness (QED) is 0.598. The normalized spacial score (nSPS) is 10.4. The third-order valence-electron chi connectivity index (χ3n) is 2.91. The Morgan fingerprint density at radius 1 is 1.18 bits per heavy atom. The summed E-state index contributed by atoms with van der Waals surface area (Å²) in [5.74, 6) is 0.335. The Hall–Kier alpha value is -1.92. The zero-order valence-electron chi connectivity index (χ0n) is 12.5. The van der Waals surface area contributed by atoms with Crippen molar-refractivity contribution in [1.29, 1.82) is 0 Å². The van der Waals surface area contributed by atoms with Gasteiger partial charge in [0.05, 0.1) is 11.4 Å². The minimum absolute atomic E-state index is 0.00459. The first-order valence-electron chi connectivity index (χ1n) is 7.07. The van der Waals surface area contributed by atoms with Gasteiger partial charge >= 0.3 is 0 Å². The molecule has 0 aliphatic rings. The van der Waals surface area contributed by atoms with Crippen LogP contribution in [0.5, 0.6) is 0 Å². The summed E-state index contributed by atoms with van der Waals surface area (Å²) in [4.78, 5) is 11.6. The third-order valence-corrected chi connectivity index (χ3v) is 3.83. The van der Waals surface area contributed by atoms with Crippen molar-refractivity contribution in [2.24, 2.45) is 0 Å². The van der Waals surface area contributed by atoms with Crippen molar-refractivity contribution in [2.45, 2.75) is 11.4 Å². The highest BCUT2D eigenvalue weighted by Crippen LogP contribution is 2.19. The van der Waals surface area contributed by atoms with Gasteiger partial charge in [-0.1, -0.05) is 42.1 Å². The van der Waals surface area contributed by atoms with Crippen molar-refractivity contribution in [2.75, 3.05) is 26.0 Å². The summed E-state index contributed by atoms with van der Waals surface area (Å²) in [7, 11) is 1.65. The zero-order chi connectivity index (χ0) is 15.6. The van der Waals surface area contributed by atoms with Crippen molar-refractivity contribution in [1.82, 2.24) is 15.5 Å². The van der Waals surface area contributed by atoms with Gasteiger partial charge in [0.2, 0.25) is 5.91 Å². The van der Waals surface area contributed by atoms with Gasteiger partial charge in [0.25, 0.3) is 0 Å².